The molecule has 0 fully saturated rings. The number of anilines is 1. The standard InChI is InChI=1S/C13H13F4N3/c1-2-3-20-7-8(6-19-20)5-18-13-11(16)9(14)4-10(15)12(13)17/h4,6-7,18H,2-3,5H2,1H3. The molecule has 7 heteroatoms. The van der Waals surface area contributed by atoms with E-state index in [-0.39, 0.29) is 12.6 Å². The van der Waals surface area contributed by atoms with Crippen molar-refractivity contribution in [1.82, 2.24) is 9.78 Å². The molecule has 1 N–H and O–H groups in total. The van der Waals surface area contributed by atoms with Gasteiger partial charge in [-0.25, -0.2) is 17.6 Å². The Balaban J connectivity index is 2.14. The Morgan fingerprint density at radius 1 is 1.15 bits per heavy atom. The first-order valence-corrected chi connectivity index (χ1v) is 6.11. The van der Waals surface area contributed by atoms with Crippen LogP contribution in [-0.4, -0.2) is 9.78 Å². The fraction of sp³-hybridized carbons (Fsp3) is 0.308. The number of aryl methyl sites for hydroxylation is 1. The second-order valence-electron chi connectivity index (χ2n) is 4.31. The predicted octanol–water partition coefficient (Wildman–Crippen LogP) is 3.46. The minimum atomic E-state index is -1.44. The number of halogens is 4. The Labute approximate surface area is 113 Å². The summed E-state index contributed by atoms with van der Waals surface area (Å²) in [7, 11) is 0. The second kappa shape index (κ2) is 5.94. The van der Waals surface area contributed by atoms with Gasteiger partial charge in [0.2, 0.25) is 0 Å². The summed E-state index contributed by atoms with van der Waals surface area (Å²) < 4.78 is 54.5. The van der Waals surface area contributed by atoms with Crippen molar-refractivity contribution in [3.63, 3.8) is 0 Å². The van der Waals surface area contributed by atoms with E-state index in [1.165, 1.54) is 6.20 Å². The van der Waals surface area contributed by atoms with Crippen LogP contribution in [0.15, 0.2) is 18.5 Å². The van der Waals surface area contributed by atoms with Crippen molar-refractivity contribution < 1.29 is 17.6 Å². The Morgan fingerprint density at radius 3 is 2.40 bits per heavy atom. The molecule has 0 spiro atoms. The summed E-state index contributed by atoms with van der Waals surface area (Å²) in [5, 5.41) is 6.39. The number of hydrogen-bond acceptors (Lipinski definition) is 2. The van der Waals surface area contributed by atoms with Crippen molar-refractivity contribution in [3.8, 4) is 0 Å². The molecular formula is C13H13F4N3. The van der Waals surface area contributed by atoms with Crippen LogP contribution in [0.2, 0.25) is 0 Å². The molecule has 0 amide bonds. The van der Waals surface area contributed by atoms with Gasteiger partial charge in [0.05, 0.1) is 6.20 Å². The molecule has 20 heavy (non-hydrogen) atoms. The third kappa shape index (κ3) is 2.92. The van der Waals surface area contributed by atoms with E-state index in [2.05, 4.69) is 10.4 Å². The van der Waals surface area contributed by atoms with E-state index in [4.69, 9.17) is 0 Å². The fourth-order valence-electron chi connectivity index (χ4n) is 1.77. The summed E-state index contributed by atoms with van der Waals surface area (Å²) in [6, 6.07) is 0.176. The van der Waals surface area contributed by atoms with E-state index in [0.29, 0.717) is 5.56 Å². The van der Waals surface area contributed by atoms with Crippen LogP contribution in [0.3, 0.4) is 0 Å². The first-order chi connectivity index (χ1) is 9.52. The zero-order chi connectivity index (χ0) is 14.7. The van der Waals surface area contributed by atoms with Crippen molar-refractivity contribution in [3.05, 3.63) is 47.3 Å². The van der Waals surface area contributed by atoms with E-state index in [9.17, 15) is 17.6 Å². The first-order valence-electron chi connectivity index (χ1n) is 6.11. The molecule has 108 valence electrons. The molecule has 0 aliphatic carbocycles. The molecule has 0 aliphatic heterocycles. The van der Waals surface area contributed by atoms with Gasteiger partial charge < -0.3 is 5.32 Å². The highest BCUT2D eigenvalue weighted by atomic mass is 19.2. The summed E-state index contributed by atoms with van der Waals surface area (Å²) in [6.07, 6.45) is 4.11. The van der Waals surface area contributed by atoms with Gasteiger partial charge in [-0.05, 0) is 6.42 Å². The van der Waals surface area contributed by atoms with E-state index >= 15 is 0 Å². The highest BCUT2D eigenvalue weighted by molar-refractivity contribution is 5.47. The largest absolute Gasteiger partial charge is 0.376 e. The summed E-state index contributed by atoms with van der Waals surface area (Å²) in [4.78, 5) is 0. The molecule has 2 rings (SSSR count). The monoisotopic (exact) mass is 287 g/mol. The SMILES string of the molecule is CCCn1cc(CNc2c(F)c(F)cc(F)c2F)cn1. The number of nitrogens with zero attached hydrogens (tertiary/aromatic N) is 2. The van der Waals surface area contributed by atoms with Crippen LogP contribution in [0, 0.1) is 23.3 Å². The van der Waals surface area contributed by atoms with Crippen LogP contribution >= 0.6 is 0 Å². The zero-order valence-electron chi connectivity index (χ0n) is 10.8. The molecule has 0 aliphatic rings. The van der Waals surface area contributed by atoms with Gasteiger partial charge in [0, 0.05) is 30.9 Å². The van der Waals surface area contributed by atoms with Crippen molar-refractivity contribution in [2.45, 2.75) is 26.4 Å². The smallest absolute Gasteiger partial charge is 0.185 e. The summed E-state index contributed by atoms with van der Waals surface area (Å²) >= 11 is 0. The minimum absolute atomic E-state index is 0.0143. The number of benzene rings is 1. The Bertz CT molecular complexity index is 584. The van der Waals surface area contributed by atoms with Crippen LogP contribution < -0.4 is 5.32 Å². The lowest BCUT2D eigenvalue weighted by molar-refractivity contribution is 0.458. The maximum atomic E-state index is 13.4. The lowest BCUT2D eigenvalue weighted by atomic mass is 10.2. The average Bonchev–Trinajstić information content (AvgIpc) is 2.85. The van der Waals surface area contributed by atoms with Crippen LogP contribution in [0.1, 0.15) is 18.9 Å². The second-order valence-corrected chi connectivity index (χ2v) is 4.31. The Kier molecular flexibility index (Phi) is 4.26. The Morgan fingerprint density at radius 2 is 1.80 bits per heavy atom. The molecular weight excluding hydrogens is 274 g/mol. The van der Waals surface area contributed by atoms with Crippen LogP contribution in [0.4, 0.5) is 23.2 Å². The Hall–Kier alpha value is -2.05. The molecule has 1 aromatic carbocycles. The number of nitrogens with one attached hydrogen (secondary N) is 1. The normalized spacial score (nSPS) is 10.8. The number of hydrogen-bond donors (Lipinski definition) is 1. The van der Waals surface area contributed by atoms with E-state index in [1.807, 2.05) is 6.92 Å². The number of aromatic nitrogens is 2. The lowest BCUT2D eigenvalue weighted by Gasteiger charge is -2.08. The third-order valence-electron chi connectivity index (χ3n) is 2.72. The quantitative estimate of drug-likeness (QED) is 0.674. The van der Waals surface area contributed by atoms with Crippen molar-refractivity contribution in [2.75, 3.05) is 5.32 Å². The summed E-state index contributed by atoms with van der Waals surface area (Å²) in [6.45, 7) is 2.72. The molecule has 3 nitrogen and oxygen atoms in total. The summed E-state index contributed by atoms with van der Waals surface area (Å²) in [5.74, 6) is -5.75. The highest BCUT2D eigenvalue weighted by Crippen LogP contribution is 2.24. The van der Waals surface area contributed by atoms with Gasteiger partial charge in [-0.1, -0.05) is 6.92 Å². The third-order valence-corrected chi connectivity index (χ3v) is 2.72. The fourth-order valence-corrected chi connectivity index (χ4v) is 1.77. The maximum Gasteiger partial charge on any atom is 0.185 e. The van der Waals surface area contributed by atoms with Crippen LogP contribution in [0.5, 0.6) is 0 Å². The molecule has 0 atom stereocenters. The molecule has 0 unspecified atom stereocenters. The lowest BCUT2D eigenvalue weighted by Crippen LogP contribution is -2.07. The molecule has 0 bridgehead atoms. The van der Waals surface area contributed by atoms with Gasteiger partial charge in [0.25, 0.3) is 0 Å². The molecule has 0 saturated carbocycles. The molecule has 0 saturated heterocycles. The molecule has 0 radical (unpaired) electrons. The van der Waals surface area contributed by atoms with Crippen LogP contribution in [-0.2, 0) is 13.1 Å². The van der Waals surface area contributed by atoms with Gasteiger partial charge in [0.1, 0.15) is 5.69 Å². The van der Waals surface area contributed by atoms with Gasteiger partial charge in [-0.2, -0.15) is 5.10 Å². The molecule has 1 heterocycles. The average molecular weight is 287 g/mol. The van der Waals surface area contributed by atoms with E-state index < -0.39 is 29.0 Å². The maximum absolute atomic E-state index is 13.4. The van der Waals surface area contributed by atoms with E-state index in [1.54, 1.807) is 10.9 Å². The van der Waals surface area contributed by atoms with Gasteiger partial charge in [-0.3, -0.25) is 4.68 Å². The zero-order valence-corrected chi connectivity index (χ0v) is 10.8. The topological polar surface area (TPSA) is 29.9 Å². The van der Waals surface area contributed by atoms with Gasteiger partial charge in [-0.15, -0.1) is 0 Å². The number of rotatable bonds is 5. The molecule has 1 aromatic heterocycles. The van der Waals surface area contributed by atoms with Crippen molar-refractivity contribution >= 4 is 5.69 Å². The van der Waals surface area contributed by atoms with E-state index in [0.717, 1.165) is 13.0 Å². The van der Waals surface area contributed by atoms with Crippen molar-refractivity contribution in [2.24, 2.45) is 0 Å². The van der Waals surface area contributed by atoms with Gasteiger partial charge >= 0.3 is 0 Å². The predicted molar refractivity (Wildman–Crippen MR) is 66.1 cm³/mol. The minimum Gasteiger partial charge on any atom is -0.376 e. The summed E-state index contributed by atoms with van der Waals surface area (Å²) in [5.41, 5.74) is -0.160. The van der Waals surface area contributed by atoms with Crippen LogP contribution in [0.25, 0.3) is 0 Å². The van der Waals surface area contributed by atoms with Gasteiger partial charge in [0.15, 0.2) is 23.3 Å². The highest BCUT2D eigenvalue weighted by Gasteiger charge is 2.18. The van der Waals surface area contributed by atoms with Crippen molar-refractivity contribution in [1.29, 1.82) is 0 Å². The first kappa shape index (κ1) is 14.4. The molecule has 2 aromatic rings.